The highest BCUT2D eigenvalue weighted by atomic mass is 35.5. The van der Waals surface area contributed by atoms with Crippen LogP contribution < -0.4 is 5.32 Å². The van der Waals surface area contributed by atoms with Crippen molar-refractivity contribution in [3.63, 3.8) is 0 Å². The van der Waals surface area contributed by atoms with E-state index < -0.39 is 0 Å². The third kappa shape index (κ3) is 7.61. The van der Waals surface area contributed by atoms with Gasteiger partial charge in [0.05, 0.1) is 0 Å². The Bertz CT molecular complexity index is 1170. The minimum atomic E-state index is -0.0753. The van der Waals surface area contributed by atoms with Crippen molar-refractivity contribution in [3.8, 4) is 0 Å². The van der Waals surface area contributed by atoms with E-state index in [4.69, 9.17) is 11.6 Å². The zero-order valence-corrected chi connectivity index (χ0v) is 24.2. The van der Waals surface area contributed by atoms with Gasteiger partial charge in [0.15, 0.2) is 0 Å². The lowest BCUT2D eigenvalue weighted by Gasteiger charge is -2.45. The van der Waals surface area contributed by atoms with E-state index >= 15 is 0 Å². The molecule has 210 valence electrons. The molecule has 39 heavy (non-hydrogen) atoms. The normalized spacial score (nSPS) is 21.6. The maximum Gasteiger partial charge on any atom is 0.254 e. The number of aryl methyl sites for hydroxylation is 1. The molecule has 2 aromatic carbocycles. The van der Waals surface area contributed by atoms with E-state index in [2.05, 4.69) is 55.5 Å². The summed E-state index contributed by atoms with van der Waals surface area (Å²) in [7, 11) is 4.32. The van der Waals surface area contributed by atoms with Crippen LogP contribution in [0.2, 0.25) is 5.02 Å². The lowest BCUT2D eigenvalue weighted by molar-refractivity contribution is -0.135. The standard InChI is InChI=1S/C31H41ClN4O3/c1-23-6-4-7-24(20-23)22-31(34(2)3)14-12-27(13-15-31)33-28(37)10-11-29(38)35-16-18-36(19-17-35)30(39)25-8-5-9-26(32)21-25/h4-9,20-21,27H,10-19,22H2,1-3H3,(H,33,37). The molecule has 0 radical (unpaired) electrons. The molecule has 0 atom stereocenters. The highest BCUT2D eigenvalue weighted by molar-refractivity contribution is 6.30. The van der Waals surface area contributed by atoms with Gasteiger partial charge in [-0.2, -0.15) is 0 Å². The maximum absolute atomic E-state index is 12.8. The van der Waals surface area contributed by atoms with E-state index in [-0.39, 0.29) is 42.1 Å². The molecule has 8 heteroatoms. The summed E-state index contributed by atoms with van der Waals surface area (Å²) in [5.41, 5.74) is 3.30. The summed E-state index contributed by atoms with van der Waals surface area (Å²) >= 11 is 6.02. The highest BCUT2D eigenvalue weighted by Gasteiger charge is 2.37. The summed E-state index contributed by atoms with van der Waals surface area (Å²) in [6, 6.07) is 15.8. The minimum absolute atomic E-state index is 0.0339. The molecular weight excluding hydrogens is 512 g/mol. The van der Waals surface area contributed by atoms with Gasteiger partial charge < -0.3 is 20.0 Å². The van der Waals surface area contributed by atoms with E-state index in [1.807, 2.05) is 0 Å². The number of rotatable bonds is 8. The summed E-state index contributed by atoms with van der Waals surface area (Å²) in [6.07, 6.45) is 5.31. The molecule has 0 unspecified atom stereocenters. The first-order chi connectivity index (χ1) is 18.6. The Labute approximate surface area is 237 Å². The first kappa shape index (κ1) is 29.1. The second-order valence-corrected chi connectivity index (χ2v) is 11.7. The number of benzene rings is 2. The average Bonchev–Trinajstić information content (AvgIpc) is 2.92. The molecule has 0 spiro atoms. The van der Waals surface area contributed by atoms with Gasteiger partial charge in [-0.15, -0.1) is 0 Å². The van der Waals surface area contributed by atoms with Crippen molar-refractivity contribution in [1.29, 1.82) is 0 Å². The number of carbonyl (C=O) groups excluding carboxylic acids is 3. The van der Waals surface area contributed by atoms with Crippen molar-refractivity contribution in [2.24, 2.45) is 0 Å². The van der Waals surface area contributed by atoms with Gasteiger partial charge in [-0.1, -0.05) is 47.5 Å². The quantitative estimate of drug-likeness (QED) is 0.529. The van der Waals surface area contributed by atoms with Gasteiger partial charge in [0.2, 0.25) is 11.8 Å². The second kappa shape index (κ2) is 13.0. The summed E-state index contributed by atoms with van der Waals surface area (Å²) in [6.45, 7) is 4.03. The van der Waals surface area contributed by atoms with Crippen molar-refractivity contribution in [2.75, 3.05) is 40.3 Å². The number of amides is 3. The van der Waals surface area contributed by atoms with E-state index in [0.717, 1.165) is 32.1 Å². The monoisotopic (exact) mass is 552 g/mol. The molecule has 1 aliphatic carbocycles. The molecule has 4 rings (SSSR count). The van der Waals surface area contributed by atoms with Crippen molar-refractivity contribution >= 4 is 29.3 Å². The van der Waals surface area contributed by atoms with Gasteiger partial charge in [-0.05, 0) is 76.9 Å². The van der Waals surface area contributed by atoms with Crippen LogP contribution in [0.3, 0.4) is 0 Å². The summed E-state index contributed by atoms with van der Waals surface area (Å²) < 4.78 is 0. The third-order valence-electron chi connectivity index (χ3n) is 8.40. The van der Waals surface area contributed by atoms with Crippen LogP contribution in [-0.4, -0.2) is 84.3 Å². The summed E-state index contributed by atoms with van der Waals surface area (Å²) in [4.78, 5) is 44.0. The minimum Gasteiger partial charge on any atom is -0.353 e. The SMILES string of the molecule is Cc1cccc(CC2(N(C)C)CCC(NC(=O)CCC(=O)N3CCN(C(=O)c4cccc(Cl)c4)CC3)CC2)c1. The molecule has 1 saturated carbocycles. The van der Waals surface area contributed by atoms with E-state index in [1.54, 1.807) is 34.1 Å². The van der Waals surface area contributed by atoms with Gasteiger partial charge in [0.25, 0.3) is 5.91 Å². The predicted molar refractivity (Wildman–Crippen MR) is 155 cm³/mol. The molecular formula is C31H41ClN4O3. The largest absolute Gasteiger partial charge is 0.353 e. The van der Waals surface area contributed by atoms with Crippen LogP contribution in [0, 0.1) is 6.92 Å². The average molecular weight is 553 g/mol. The summed E-state index contributed by atoms with van der Waals surface area (Å²) in [5.74, 6) is -0.166. The molecule has 2 fully saturated rings. The molecule has 1 N–H and O–H groups in total. The van der Waals surface area contributed by atoms with Crippen LogP contribution in [0.1, 0.15) is 60.0 Å². The van der Waals surface area contributed by atoms with Crippen molar-refractivity contribution in [1.82, 2.24) is 20.0 Å². The Hall–Kier alpha value is -2.90. The van der Waals surface area contributed by atoms with Gasteiger partial charge >= 0.3 is 0 Å². The molecule has 1 heterocycles. The Morgan fingerprint density at radius 2 is 1.62 bits per heavy atom. The summed E-state index contributed by atoms with van der Waals surface area (Å²) in [5, 5.41) is 3.71. The fourth-order valence-corrected chi connectivity index (χ4v) is 6.12. The Balaban J connectivity index is 1.18. The maximum atomic E-state index is 12.8. The lowest BCUT2D eigenvalue weighted by atomic mass is 9.74. The molecule has 2 aliphatic rings. The van der Waals surface area contributed by atoms with Gasteiger partial charge in [-0.3, -0.25) is 14.4 Å². The fourth-order valence-electron chi connectivity index (χ4n) is 5.93. The number of nitrogens with zero attached hydrogens (tertiary/aromatic N) is 3. The number of nitrogens with one attached hydrogen (secondary N) is 1. The number of likely N-dealkylation sites (N-methyl/N-ethyl adjacent to an activating group) is 1. The number of carbonyl (C=O) groups is 3. The van der Waals surface area contributed by atoms with Gasteiger partial charge in [0.1, 0.15) is 0 Å². The predicted octanol–water partition coefficient (Wildman–Crippen LogP) is 4.31. The number of hydrogen-bond donors (Lipinski definition) is 1. The van der Waals surface area contributed by atoms with Crippen LogP contribution >= 0.6 is 11.6 Å². The van der Waals surface area contributed by atoms with E-state index in [9.17, 15) is 14.4 Å². The molecule has 7 nitrogen and oxygen atoms in total. The van der Waals surface area contributed by atoms with E-state index in [0.29, 0.717) is 36.8 Å². The zero-order chi connectivity index (χ0) is 28.0. The highest BCUT2D eigenvalue weighted by Crippen LogP contribution is 2.35. The van der Waals surface area contributed by atoms with Gasteiger partial charge in [0, 0.05) is 61.2 Å². The van der Waals surface area contributed by atoms with Crippen molar-refractivity contribution < 1.29 is 14.4 Å². The zero-order valence-electron chi connectivity index (χ0n) is 23.4. The molecule has 0 bridgehead atoms. The van der Waals surface area contributed by atoms with Crippen LogP contribution in [0.25, 0.3) is 0 Å². The van der Waals surface area contributed by atoms with Crippen LogP contribution in [-0.2, 0) is 16.0 Å². The topological polar surface area (TPSA) is 73.0 Å². The van der Waals surface area contributed by atoms with Crippen LogP contribution in [0.15, 0.2) is 48.5 Å². The fraction of sp³-hybridized carbons (Fsp3) is 0.516. The Morgan fingerprint density at radius 3 is 2.26 bits per heavy atom. The second-order valence-electron chi connectivity index (χ2n) is 11.3. The smallest absolute Gasteiger partial charge is 0.254 e. The Morgan fingerprint density at radius 1 is 0.949 bits per heavy atom. The number of piperazine rings is 1. The number of halogens is 1. The van der Waals surface area contributed by atoms with Crippen molar-refractivity contribution in [3.05, 3.63) is 70.2 Å². The first-order valence-electron chi connectivity index (χ1n) is 14.0. The van der Waals surface area contributed by atoms with Crippen molar-refractivity contribution in [2.45, 2.75) is 63.5 Å². The molecule has 1 aliphatic heterocycles. The van der Waals surface area contributed by atoms with Crippen LogP contribution in [0.4, 0.5) is 0 Å². The van der Waals surface area contributed by atoms with Crippen LogP contribution in [0.5, 0.6) is 0 Å². The molecule has 3 amide bonds. The Kier molecular flexibility index (Phi) is 9.67. The molecule has 2 aromatic rings. The molecule has 0 aromatic heterocycles. The molecule has 1 saturated heterocycles. The third-order valence-corrected chi connectivity index (χ3v) is 8.64. The lowest BCUT2D eigenvalue weighted by Crippen LogP contribution is -2.52. The van der Waals surface area contributed by atoms with E-state index in [1.165, 1.54) is 11.1 Å². The van der Waals surface area contributed by atoms with Gasteiger partial charge in [-0.25, -0.2) is 0 Å². The number of hydrogen-bond acceptors (Lipinski definition) is 4. The first-order valence-corrected chi connectivity index (χ1v) is 14.4.